The summed E-state index contributed by atoms with van der Waals surface area (Å²) in [5, 5.41) is 13.5. The van der Waals surface area contributed by atoms with E-state index in [0.717, 1.165) is 6.42 Å². The Morgan fingerprint density at radius 1 is 1.43 bits per heavy atom. The Balaban J connectivity index is 2.79. The molecule has 1 atom stereocenters. The van der Waals surface area contributed by atoms with Crippen LogP contribution in [0.15, 0.2) is 18.2 Å². The van der Waals surface area contributed by atoms with E-state index in [9.17, 15) is 14.9 Å². The van der Waals surface area contributed by atoms with Crippen LogP contribution in [0.1, 0.15) is 43.1 Å². The van der Waals surface area contributed by atoms with E-state index < -0.39 is 10.8 Å². The smallest absolute Gasteiger partial charge is 0.282 e. The maximum atomic E-state index is 12.2. The lowest BCUT2D eigenvalue weighted by Crippen LogP contribution is -2.32. The Morgan fingerprint density at radius 2 is 2.05 bits per heavy atom. The molecule has 0 heterocycles. The van der Waals surface area contributed by atoms with Crippen LogP contribution in [-0.2, 0) is 0 Å². The first-order chi connectivity index (χ1) is 9.61. The van der Waals surface area contributed by atoms with Crippen LogP contribution in [0.2, 0.25) is 0 Å². The van der Waals surface area contributed by atoms with Crippen molar-refractivity contribution < 1.29 is 9.72 Å². The number of alkyl halides is 1. The van der Waals surface area contributed by atoms with Crippen molar-refractivity contribution in [3.05, 3.63) is 39.4 Å². The summed E-state index contributed by atoms with van der Waals surface area (Å²) in [4.78, 5) is 22.6. The Labute approximate surface area is 129 Å². The maximum Gasteiger partial charge on any atom is 0.282 e. The van der Waals surface area contributed by atoms with E-state index in [2.05, 4.69) is 26.1 Å². The minimum absolute atomic E-state index is 0.0613. The third-order valence-electron chi connectivity index (χ3n) is 2.99. The number of carbonyl (C=O) groups excluding carboxylic acids is 1. The number of aryl methyl sites for hydroxylation is 1. The number of nitro groups is 1. The van der Waals surface area contributed by atoms with E-state index in [-0.39, 0.29) is 28.6 Å². The molecule has 0 aliphatic rings. The highest BCUT2D eigenvalue weighted by atomic mass is 35.5. The van der Waals surface area contributed by atoms with E-state index in [4.69, 9.17) is 11.6 Å². The molecule has 0 bridgehead atoms. The minimum Gasteiger partial charge on any atom is -0.350 e. The highest BCUT2D eigenvalue weighted by molar-refractivity contribution is 6.21. The van der Waals surface area contributed by atoms with Crippen molar-refractivity contribution in [2.24, 2.45) is 5.41 Å². The van der Waals surface area contributed by atoms with Crippen LogP contribution in [0, 0.1) is 22.5 Å². The van der Waals surface area contributed by atoms with Crippen LogP contribution in [0.25, 0.3) is 0 Å². The van der Waals surface area contributed by atoms with Gasteiger partial charge in [-0.3, -0.25) is 14.9 Å². The van der Waals surface area contributed by atoms with Gasteiger partial charge in [-0.25, -0.2) is 0 Å². The van der Waals surface area contributed by atoms with Gasteiger partial charge in [-0.05, 0) is 24.3 Å². The maximum absolute atomic E-state index is 12.2. The first-order valence-electron chi connectivity index (χ1n) is 6.78. The molecule has 0 aliphatic heterocycles. The number of carbonyl (C=O) groups is 1. The second kappa shape index (κ2) is 6.89. The molecule has 0 saturated heterocycles. The topological polar surface area (TPSA) is 72.2 Å². The van der Waals surface area contributed by atoms with Gasteiger partial charge in [0, 0.05) is 12.6 Å². The quantitative estimate of drug-likeness (QED) is 0.512. The lowest BCUT2D eigenvalue weighted by atomic mass is 9.90. The van der Waals surface area contributed by atoms with E-state index in [1.165, 1.54) is 6.07 Å². The van der Waals surface area contributed by atoms with E-state index in [1.807, 2.05) is 0 Å². The molecule has 1 aromatic carbocycles. The van der Waals surface area contributed by atoms with Gasteiger partial charge >= 0.3 is 0 Å². The summed E-state index contributed by atoms with van der Waals surface area (Å²) >= 11 is 6.19. The van der Waals surface area contributed by atoms with Crippen molar-refractivity contribution in [1.82, 2.24) is 5.32 Å². The second-order valence-electron chi connectivity index (χ2n) is 6.30. The Hall–Kier alpha value is -1.62. The molecular formula is C15H21ClN2O3. The summed E-state index contributed by atoms with van der Waals surface area (Å²) < 4.78 is 0. The highest BCUT2D eigenvalue weighted by Crippen LogP contribution is 2.24. The van der Waals surface area contributed by atoms with E-state index >= 15 is 0 Å². The average molecular weight is 313 g/mol. The minimum atomic E-state index is -0.546. The molecule has 0 aromatic heterocycles. The van der Waals surface area contributed by atoms with Gasteiger partial charge in [0.15, 0.2) is 0 Å². The van der Waals surface area contributed by atoms with Gasteiger partial charge in [-0.15, -0.1) is 11.6 Å². The third kappa shape index (κ3) is 5.34. The Kier molecular flexibility index (Phi) is 5.72. The molecule has 116 valence electrons. The second-order valence-corrected chi connectivity index (χ2v) is 6.92. The summed E-state index contributed by atoms with van der Waals surface area (Å²) in [6, 6.07) is 4.57. The molecule has 5 nitrogen and oxygen atoms in total. The summed E-state index contributed by atoms with van der Waals surface area (Å²) in [5.74, 6) is -0.459. The number of nitrogens with zero attached hydrogens (tertiary/aromatic N) is 1. The van der Waals surface area contributed by atoms with Crippen molar-refractivity contribution in [3.8, 4) is 0 Å². The predicted molar refractivity (Wildman–Crippen MR) is 83.9 cm³/mol. The van der Waals surface area contributed by atoms with Crippen molar-refractivity contribution in [2.75, 3.05) is 6.54 Å². The molecule has 0 aliphatic carbocycles. The SMILES string of the molecule is Cc1cccc([N+](=O)[O-])c1C(=O)NCC(Cl)CC(C)(C)C. The van der Waals surface area contributed by atoms with Gasteiger partial charge < -0.3 is 5.32 Å². The van der Waals surface area contributed by atoms with Crippen molar-refractivity contribution >= 4 is 23.2 Å². The molecule has 1 amide bonds. The molecular weight excluding hydrogens is 292 g/mol. The van der Waals surface area contributed by atoms with Gasteiger partial charge in [0.05, 0.1) is 10.3 Å². The Bertz CT molecular complexity index is 538. The zero-order chi connectivity index (χ0) is 16.2. The first kappa shape index (κ1) is 17.4. The van der Waals surface area contributed by atoms with Crippen LogP contribution >= 0.6 is 11.6 Å². The molecule has 0 fully saturated rings. The van der Waals surface area contributed by atoms with Gasteiger partial charge in [0.2, 0.25) is 0 Å². The molecule has 21 heavy (non-hydrogen) atoms. The lowest BCUT2D eigenvalue weighted by Gasteiger charge is -2.22. The predicted octanol–water partition coefficient (Wildman–Crippen LogP) is 3.68. The summed E-state index contributed by atoms with van der Waals surface area (Å²) in [6.45, 7) is 8.15. The molecule has 0 saturated carbocycles. The van der Waals surface area contributed by atoms with Crippen LogP contribution in [0.4, 0.5) is 5.69 Å². The lowest BCUT2D eigenvalue weighted by molar-refractivity contribution is -0.385. The molecule has 0 radical (unpaired) electrons. The number of hydrogen-bond donors (Lipinski definition) is 1. The van der Waals surface area contributed by atoms with E-state index in [0.29, 0.717) is 5.56 Å². The van der Waals surface area contributed by atoms with Crippen LogP contribution in [0.3, 0.4) is 0 Å². The number of hydrogen-bond acceptors (Lipinski definition) is 3. The molecule has 1 unspecified atom stereocenters. The number of nitro benzene ring substituents is 1. The number of benzene rings is 1. The third-order valence-corrected chi connectivity index (χ3v) is 3.30. The summed E-state index contributed by atoms with van der Waals surface area (Å²) in [5.41, 5.74) is 0.548. The van der Waals surface area contributed by atoms with E-state index in [1.54, 1.807) is 19.1 Å². The van der Waals surface area contributed by atoms with Crippen LogP contribution in [-0.4, -0.2) is 22.8 Å². The number of rotatable bonds is 5. The number of nitrogens with one attached hydrogen (secondary N) is 1. The monoisotopic (exact) mass is 312 g/mol. The molecule has 6 heteroatoms. The van der Waals surface area contributed by atoms with Gasteiger partial charge in [-0.1, -0.05) is 32.9 Å². The van der Waals surface area contributed by atoms with Crippen LogP contribution in [0.5, 0.6) is 0 Å². The van der Waals surface area contributed by atoms with Gasteiger partial charge in [0.25, 0.3) is 11.6 Å². The molecule has 1 N–H and O–H groups in total. The fraction of sp³-hybridized carbons (Fsp3) is 0.533. The molecule has 0 spiro atoms. The summed E-state index contributed by atoms with van der Waals surface area (Å²) in [7, 11) is 0. The fourth-order valence-electron chi connectivity index (χ4n) is 2.13. The van der Waals surface area contributed by atoms with Gasteiger partial charge in [0.1, 0.15) is 5.56 Å². The highest BCUT2D eigenvalue weighted by Gasteiger charge is 2.23. The largest absolute Gasteiger partial charge is 0.350 e. The Morgan fingerprint density at radius 3 is 2.57 bits per heavy atom. The van der Waals surface area contributed by atoms with Gasteiger partial charge in [-0.2, -0.15) is 0 Å². The molecule has 1 aromatic rings. The summed E-state index contributed by atoms with van der Waals surface area (Å²) in [6.07, 6.45) is 0.741. The average Bonchev–Trinajstić information content (AvgIpc) is 2.33. The van der Waals surface area contributed by atoms with Crippen LogP contribution < -0.4 is 5.32 Å². The normalized spacial score (nSPS) is 12.8. The number of halogens is 1. The van der Waals surface area contributed by atoms with Crippen molar-refractivity contribution in [1.29, 1.82) is 0 Å². The van der Waals surface area contributed by atoms with Crippen molar-refractivity contribution in [2.45, 2.75) is 39.5 Å². The number of amides is 1. The fourth-order valence-corrected chi connectivity index (χ4v) is 2.67. The first-order valence-corrected chi connectivity index (χ1v) is 7.22. The van der Waals surface area contributed by atoms with Crippen molar-refractivity contribution in [3.63, 3.8) is 0 Å². The molecule has 1 rings (SSSR count). The standard InChI is InChI=1S/C15H21ClN2O3/c1-10-6-5-7-12(18(20)21)13(10)14(19)17-9-11(16)8-15(2,3)4/h5-7,11H,8-9H2,1-4H3,(H,17,19). The zero-order valence-corrected chi connectivity index (χ0v) is 13.5. The zero-order valence-electron chi connectivity index (χ0n) is 12.8.